The van der Waals surface area contributed by atoms with Crippen LogP contribution in [0.25, 0.3) is 0 Å². The lowest BCUT2D eigenvalue weighted by atomic mass is 10.2. The second-order valence-corrected chi connectivity index (χ2v) is 4.87. The summed E-state index contributed by atoms with van der Waals surface area (Å²) in [4.78, 5) is 13.6. The van der Waals surface area contributed by atoms with Gasteiger partial charge in [-0.05, 0) is 24.6 Å². The standard InChI is InChI=1S/C11H12BrFN2O.ClH/c12-8-3-7(4-9(13)5-8)11(16)15-2-1-10(14)6-15;/h3-5,10H,1-2,6,14H2;1H/t10-;/m0./s1. The molecule has 17 heavy (non-hydrogen) atoms. The number of hydrogen-bond donors (Lipinski definition) is 1. The van der Waals surface area contributed by atoms with Crippen molar-refractivity contribution in [1.82, 2.24) is 4.90 Å². The van der Waals surface area contributed by atoms with Crippen molar-refractivity contribution in [2.24, 2.45) is 5.73 Å². The van der Waals surface area contributed by atoms with Gasteiger partial charge >= 0.3 is 0 Å². The minimum atomic E-state index is -0.416. The van der Waals surface area contributed by atoms with E-state index in [1.165, 1.54) is 12.1 Å². The molecule has 94 valence electrons. The van der Waals surface area contributed by atoms with Crippen LogP contribution >= 0.6 is 28.3 Å². The topological polar surface area (TPSA) is 46.3 Å². The molecule has 0 aromatic heterocycles. The molecule has 1 aromatic rings. The lowest BCUT2D eigenvalue weighted by Gasteiger charge is -2.15. The summed E-state index contributed by atoms with van der Waals surface area (Å²) in [6.07, 6.45) is 0.808. The number of likely N-dealkylation sites (tertiary alicyclic amines) is 1. The summed E-state index contributed by atoms with van der Waals surface area (Å²) in [5, 5.41) is 0. The maximum absolute atomic E-state index is 13.1. The Bertz CT molecular complexity index is 410. The van der Waals surface area contributed by atoms with E-state index in [0.717, 1.165) is 6.42 Å². The van der Waals surface area contributed by atoms with Crippen molar-refractivity contribution in [1.29, 1.82) is 0 Å². The molecule has 3 nitrogen and oxygen atoms in total. The molecule has 2 N–H and O–H groups in total. The van der Waals surface area contributed by atoms with Gasteiger partial charge < -0.3 is 10.6 Å². The summed E-state index contributed by atoms with van der Waals surface area (Å²) in [6.45, 7) is 1.20. The third-order valence-corrected chi connectivity index (χ3v) is 3.08. The summed E-state index contributed by atoms with van der Waals surface area (Å²) in [6, 6.07) is 4.24. The van der Waals surface area contributed by atoms with Crippen molar-refractivity contribution in [2.45, 2.75) is 12.5 Å². The van der Waals surface area contributed by atoms with Gasteiger partial charge in [-0.2, -0.15) is 0 Å². The van der Waals surface area contributed by atoms with Crippen molar-refractivity contribution >= 4 is 34.2 Å². The SMILES string of the molecule is Cl.N[C@H]1CCN(C(=O)c2cc(F)cc(Br)c2)C1. The average molecular weight is 324 g/mol. The van der Waals surface area contributed by atoms with Crippen molar-refractivity contribution in [3.05, 3.63) is 34.1 Å². The monoisotopic (exact) mass is 322 g/mol. The van der Waals surface area contributed by atoms with Gasteiger partial charge in [0.05, 0.1) is 0 Å². The van der Waals surface area contributed by atoms with Crippen LogP contribution in [0.2, 0.25) is 0 Å². The average Bonchev–Trinajstić information content (AvgIpc) is 2.62. The number of rotatable bonds is 1. The van der Waals surface area contributed by atoms with Crippen LogP contribution in [0.3, 0.4) is 0 Å². The lowest BCUT2D eigenvalue weighted by Crippen LogP contribution is -2.31. The minimum Gasteiger partial charge on any atom is -0.337 e. The van der Waals surface area contributed by atoms with Gasteiger partial charge in [0.2, 0.25) is 0 Å². The van der Waals surface area contributed by atoms with Crippen LogP contribution in [0.4, 0.5) is 4.39 Å². The van der Waals surface area contributed by atoms with Crippen molar-refractivity contribution in [3.8, 4) is 0 Å². The lowest BCUT2D eigenvalue weighted by molar-refractivity contribution is 0.0790. The van der Waals surface area contributed by atoms with E-state index in [1.807, 2.05) is 0 Å². The maximum atomic E-state index is 13.1. The predicted octanol–water partition coefficient (Wildman–Crippen LogP) is 2.18. The molecule has 0 bridgehead atoms. The second kappa shape index (κ2) is 5.80. The molecule has 0 spiro atoms. The highest BCUT2D eigenvalue weighted by Crippen LogP contribution is 2.18. The van der Waals surface area contributed by atoms with Crippen LogP contribution in [0.15, 0.2) is 22.7 Å². The molecule has 0 radical (unpaired) electrons. The molecule has 2 rings (SSSR count). The zero-order valence-electron chi connectivity index (χ0n) is 9.03. The van der Waals surface area contributed by atoms with Gasteiger partial charge in [-0.3, -0.25) is 4.79 Å². The van der Waals surface area contributed by atoms with E-state index in [2.05, 4.69) is 15.9 Å². The second-order valence-electron chi connectivity index (χ2n) is 3.96. The van der Waals surface area contributed by atoms with Gasteiger partial charge in [-0.15, -0.1) is 12.4 Å². The molecule has 6 heteroatoms. The molecule has 1 aliphatic rings. The molecule has 1 heterocycles. The Hall–Kier alpha value is -0.650. The molecule has 1 atom stereocenters. The summed E-state index contributed by atoms with van der Waals surface area (Å²) in [7, 11) is 0. The predicted molar refractivity (Wildman–Crippen MR) is 69.8 cm³/mol. The van der Waals surface area contributed by atoms with Gasteiger partial charge in [0, 0.05) is 29.2 Å². The first kappa shape index (κ1) is 14.4. The Morgan fingerprint density at radius 2 is 2.18 bits per heavy atom. The van der Waals surface area contributed by atoms with Crippen LogP contribution in [0.5, 0.6) is 0 Å². The van der Waals surface area contributed by atoms with E-state index in [-0.39, 0.29) is 24.4 Å². The number of carbonyl (C=O) groups is 1. The summed E-state index contributed by atoms with van der Waals surface area (Å²) in [5.74, 6) is -0.575. The Labute approximate surface area is 114 Å². The number of halogens is 3. The fraction of sp³-hybridized carbons (Fsp3) is 0.364. The molecule has 1 amide bonds. The first-order valence-electron chi connectivity index (χ1n) is 5.07. The van der Waals surface area contributed by atoms with Gasteiger partial charge in [-0.1, -0.05) is 15.9 Å². The number of carbonyl (C=O) groups excluding carboxylic acids is 1. The van der Waals surface area contributed by atoms with Crippen molar-refractivity contribution in [2.75, 3.05) is 13.1 Å². The van der Waals surface area contributed by atoms with Crippen LogP contribution in [0.1, 0.15) is 16.8 Å². The number of benzene rings is 1. The Morgan fingerprint density at radius 3 is 2.71 bits per heavy atom. The largest absolute Gasteiger partial charge is 0.337 e. The normalized spacial score (nSPS) is 19.0. The molecule has 1 saturated heterocycles. The maximum Gasteiger partial charge on any atom is 0.254 e. The smallest absolute Gasteiger partial charge is 0.254 e. The summed E-state index contributed by atoms with van der Waals surface area (Å²) in [5.41, 5.74) is 6.09. The Kier molecular flexibility index (Phi) is 4.91. The van der Waals surface area contributed by atoms with Gasteiger partial charge in [0.25, 0.3) is 5.91 Å². The summed E-state index contributed by atoms with van der Waals surface area (Å²) < 4.78 is 13.7. The van der Waals surface area contributed by atoms with E-state index in [1.54, 1.807) is 11.0 Å². The highest BCUT2D eigenvalue weighted by atomic mass is 79.9. The number of nitrogens with zero attached hydrogens (tertiary/aromatic N) is 1. The molecule has 1 aromatic carbocycles. The summed E-state index contributed by atoms with van der Waals surface area (Å²) >= 11 is 3.17. The zero-order chi connectivity index (χ0) is 11.7. The molecular formula is C11H13BrClFN2O. The van der Waals surface area contributed by atoms with E-state index in [0.29, 0.717) is 23.1 Å². The molecule has 0 saturated carbocycles. The molecule has 1 aliphatic heterocycles. The first-order valence-corrected chi connectivity index (χ1v) is 5.86. The van der Waals surface area contributed by atoms with Crippen molar-refractivity contribution in [3.63, 3.8) is 0 Å². The quantitative estimate of drug-likeness (QED) is 0.861. The first-order chi connectivity index (χ1) is 7.56. The van der Waals surface area contributed by atoms with Gasteiger partial charge in [-0.25, -0.2) is 4.39 Å². The fourth-order valence-electron chi connectivity index (χ4n) is 1.83. The van der Waals surface area contributed by atoms with Crippen LogP contribution in [0, 0.1) is 5.82 Å². The van der Waals surface area contributed by atoms with Gasteiger partial charge in [0.15, 0.2) is 0 Å². The Morgan fingerprint density at radius 1 is 1.47 bits per heavy atom. The van der Waals surface area contributed by atoms with Crippen LogP contribution in [-0.2, 0) is 0 Å². The fourth-order valence-corrected chi connectivity index (χ4v) is 2.30. The Balaban J connectivity index is 0.00000144. The molecule has 0 unspecified atom stereocenters. The number of amides is 1. The molecule has 0 aliphatic carbocycles. The van der Waals surface area contributed by atoms with E-state index >= 15 is 0 Å². The molecule has 1 fully saturated rings. The van der Waals surface area contributed by atoms with E-state index in [4.69, 9.17) is 5.73 Å². The van der Waals surface area contributed by atoms with Gasteiger partial charge in [0.1, 0.15) is 5.82 Å². The highest BCUT2D eigenvalue weighted by Gasteiger charge is 2.24. The number of nitrogens with two attached hydrogens (primary N) is 1. The van der Waals surface area contributed by atoms with E-state index < -0.39 is 5.82 Å². The zero-order valence-corrected chi connectivity index (χ0v) is 11.4. The number of hydrogen-bond acceptors (Lipinski definition) is 2. The van der Waals surface area contributed by atoms with E-state index in [9.17, 15) is 9.18 Å². The van der Waals surface area contributed by atoms with Crippen LogP contribution < -0.4 is 5.73 Å². The highest BCUT2D eigenvalue weighted by molar-refractivity contribution is 9.10. The van der Waals surface area contributed by atoms with Crippen LogP contribution in [-0.4, -0.2) is 29.9 Å². The third-order valence-electron chi connectivity index (χ3n) is 2.62. The minimum absolute atomic E-state index is 0. The molecular weight excluding hydrogens is 310 g/mol. The third kappa shape index (κ3) is 3.40. The van der Waals surface area contributed by atoms with Crippen molar-refractivity contribution < 1.29 is 9.18 Å².